The molecular weight excluding hydrogens is 321 g/mol. The van der Waals surface area contributed by atoms with E-state index in [4.69, 9.17) is 9.47 Å². The second-order valence-corrected chi connectivity index (χ2v) is 6.17. The number of nitrogens with one attached hydrogen (secondary N) is 1. The molecule has 0 saturated carbocycles. The van der Waals surface area contributed by atoms with Crippen molar-refractivity contribution in [3.05, 3.63) is 53.5 Å². The van der Waals surface area contributed by atoms with Gasteiger partial charge in [0.15, 0.2) is 11.6 Å². The van der Waals surface area contributed by atoms with Gasteiger partial charge in [-0.15, -0.1) is 0 Å². The zero-order valence-electron chi connectivity index (χ0n) is 14.7. The number of para-hydroxylation sites is 1. The van der Waals surface area contributed by atoms with Gasteiger partial charge in [0.25, 0.3) is 0 Å². The number of fused-ring (bicyclic) bond motifs is 1. The molecule has 1 atom stereocenters. The fourth-order valence-electron chi connectivity index (χ4n) is 2.93. The van der Waals surface area contributed by atoms with Crippen molar-refractivity contribution in [2.45, 2.75) is 19.0 Å². The van der Waals surface area contributed by atoms with Crippen LogP contribution in [0.3, 0.4) is 0 Å². The minimum Gasteiger partial charge on any atom is -0.490 e. The van der Waals surface area contributed by atoms with Gasteiger partial charge in [-0.25, -0.2) is 9.37 Å². The molecule has 5 nitrogen and oxygen atoms in total. The number of likely N-dealkylation sites (N-methyl/N-ethyl adjacent to an activating group) is 1. The maximum absolute atomic E-state index is 13.8. The Kier molecular flexibility index (Phi) is 5.83. The van der Waals surface area contributed by atoms with Gasteiger partial charge in [0.1, 0.15) is 5.82 Å². The molecule has 0 bridgehead atoms. The smallest absolute Gasteiger partial charge is 0.165 e. The first-order chi connectivity index (χ1) is 12.2. The molecule has 0 fully saturated rings. The normalized spacial score (nSPS) is 16.2. The summed E-state index contributed by atoms with van der Waals surface area (Å²) in [6.45, 7) is 2.66. The molecule has 1 aliphatic heterocycles. The number of rotatable bonds is 7. The van der Waals surface area contributed by atoms with Crippen LogP contribution < -0.4 is 15.0 Å². The molecule has 0 aliphatic carbocycles. The molecule has 0 spiro atoms. The summed E-state index contributed by atoms with van der Waals surface area (Å²) in [5.74, 6) is 0.993. The molecule has 3 rings (SSSR count). The molecule has 0 saturated heterocycles. The molecular formula is C19H24FN3O2. The molecule has 2 heterocycles. The average Bonchev–Trinajstić information content (AvgIpc) is 2.65. The summed E-state index contributed by atoms with van der Waals surface area (Å²) in [4.78, 5) is 6.55. The van der Waals surface area contributed by atoms with Gasteiger partial charge in [-0.3, -0.25) is 0 Å². The Balaban J connectivity index is 1.60. The lowest BCUT2D eigenvalue weighted by Gasteiger charge is -2.27. The van der Waals surface area contributed by atoms with Crippen LogP contribution in [0.2, 0.25) is 0 Å². The van der Waals surface area contributed by atoms with Crippen molar-refractivity contribution in [1.82, 2.24) is 10.3 Å². The first kappa shape index (κ1) is 17.6. The number of anilines is 1. The molecule has 2 aromatic rings. The zero-order valence-corrected chi connectivity index (χ0v) is 14.7. The van der Waals surface area contributed by atoms with Gasteiger partial charge >= 0.3 is 0 Å². The van der Waals surface area contributed by atoms with E-state index in [1.165, 1.54) is 6.07 Å². The first-order valence-electron chi connectivity index (χ1n) is 8.48. The molecule has 0 amide bonds. The van der Waals surface area contributed by atoms with Crippen molar-refractivity contribution >= 4 is 5.82 Å². The SMILES string of the molecule is COCCN(C)c1ccc(CN[C@H]2CCOc3c(F)cccc32)cn1. The lowest BCUT2D eigenvalue weighted by molar-refractivity contribution is 0.206. The van der Waals surface area contributed by atoms with E-state index in [0.29, 0.717) is 25.5 Å². The largest absolute Gasteiger partial charge is 0.490 e. The van der Waals surface area contributed by atoms with E-state index >= 15 is 0 Å². The molecule has 1 aliphatic rings. The lowest BCUT2D eigenvalue weighted by atomic mass is 10.00. The van der Waals surface area contributed by atoms with Crippen molar-refractivity contribution in [1.29, 1.82) is 0 Å². The van der Waals surface area contributed by atoms with Crippen LogP contribution in [0.4, 0.5) is 10.2 Å². The van der Waals surface area contributed by atoms with E-state index in [1.807, 2.05) is 25.4 Å². The van der Waals surface area contributed by atoms with Crippen LogP contribution in [0.5, 0.6) is 5.75 Å². The van der Waals surface area contributed by atoms with E-state index in [0.717, 1.165) is 29.9 Å². The maximum Gasteiger partial charge on any atom is 0.165 e. The summed E-state index contributed by atoms with van der Waals surface area (Å²) in [6, 6.07) is 9.23. The van der Waals surface area contributed by atoms with E-state index in [2.05, 4.69) is 21.3 Å². The van der Waals surface area contributed by atoms with Crippen LogP contribution in [0, 0.1) is 5.82 Å². The van der Waals surface area contributed by atoms with Crippen LogP contribution in [0.25, 0.3) is 0 Å². The highest BCUT2D eigenvalue weighted by Gasteiger charge is 2.23. The molecule has 134 valence electrons. The number of methoxy groups -OCH3 is 1. The number of benzene rings is 1. The summed E-state index contributed by atoms with van der Waals surface area (Å²) in [7, 11) is 3.68. The van der Waals surface area contributed by atoms with Gasteiger partial charge in [0.2, 0.25) is 0 Å². The Morgan fingerprint density at radius 1 is 1.36 bits per heavy atom. The minimum absolute atomic E-state index is 0.0866. The van der Waals surface area contributed by atoms with Gasteiger partial charge in [0.05, 0.1) is 13.2 Å². The Bertz CT molecular complexity index is 694. The van der Waals surface area contributed by atoms with Crippen LogP contribution in [0.15, 0.2) is 36.5 Å². The average molecular weight is 345 g/mol. The Labute approximate surface area is 147 Å². The second-order valence-electron chi connectivity index (χ2n) is 6.17. The third-order valence-corrected chi connectivity index (χ3v) is 4.41. The summed E-state index contributed by atoms with van der Waals surface area (Å²) in [5.41, 5.74) is 1.98. The summed E-state index contributed by atoms with van der Waals surface area (Å²) >= 11 is 0. The summed E-state index contributed by atoms with van der Waals surface area (Å²) in [6.07, 6.45) is 2.69. The topological polar surface area (TPSA) is 46.6 Å². The number of aromatic nitrogens is 1. The molecule has 6 heteroatoms. The Hall–Kier alpha value is -2.18. The highest BCUT2D eigenvalue weighted by molar-refractivity contribution is 5.40. The van der Waals surface area contributed by atoms with Crippen LogP contribution in [-0.2, 0) is 11.3 Å². The summed E-state index contributed by atoms with van der Waals surface area (Å²) < 4.78 is 24.4. The highest BCUT2D eigenvalue weighted by atomic mass is 19.1. The zero-order chi connectivity index (χ0) is 17.6. The quantitative estimate of drug-likeness (QED) is 0.836. The van der Waals surface area contributed by atoms with Gasteiger partial charge < -0.3 is 19.7 Å². The first-order valence-corrected chi connectivity index (χ1v) is 8.48. The Morgan fingerprint density at radius 2 is 2.24 bits per heavy atom. The van der Waals surface area contributed by atoms with Crippen LogP contribution >= 0.6 is 0 Å². The number of hydrogen-bond donors (Lipinski definition) is 1. The molecule has 0 radical (unpaired) electrons. The van der Waals surface area contributed by atoms with Crippen molar-refractivity contribution in [2.24, 2.45) is 0 Å². The van der Waals surface area contributed by atoms with Crippen molar-refractivity contribution in [3.8, 4) is 5.75 Å². The van der Waals surface area contributed by atoms with Crippen molar-refractivity contribution in [3.63, 3.8) is 0 Å². The molecule has 25 heavy (non-hydrogen) atoms. The van der Waals surface area contributed by atoms with E-state index in [-0.39, 0.29) is 11.9 Å². The Morgan fingerprint density at radius 3 is 3.00 bits per heavy atom. The van der Waals surface area contributed by atoms with Gasteiger partial charge in [0, 0.05) is 51.5 Å². The molecule has 1 N–H and O–H groups in total. The third kappa shape index (κ3) is 4.27. The highest BCUT2D eigenvalue weighted by Crippen LogP contribution is 2.34. The monoisotopic (exact) mass is 345 g/mol. The fraction of sp³-hybridized carbons (Fsp3) is 0.421. The molecule has 0 unspecified atom stereocenters. The summed E-state index contributed by atoms with van der Waals surface area (Å²) in [5, 5.41) is 3.48. The van der Waals surface area contributed by atoms with E-state index in [1.54, 1.807) is 13.2 Å². The molecule has 1 aromatic carbocycles. The van der Waals surface area contributed by atoms with Crippen LogP contribution in [-0.4, -0.2) is 38.9 Å². The van der Waals surface area contributed by atoms with Gasteiger partial charge in [-0.2, -0.15) is 0 Å². The predicted octanol–water partition coefficient (Wildman–Crippen LogP) is 2.92. The number of pyridine rings is 1. The lowest BCUT2D eigenvalue weighted by Crippen LogP contribution is -2.27. The maximum atomic E-state index is 13.8. The number of hydrogen-bond acceptors (Lipinski definition) is 5. The minimum atomic E-state index is -0.297. The standard InChI is InChI=1S/C19H24FN3O2/c1-23(9-11-24-2)18-7-6-14(13-22-18)12-21-17-8-10-25-19-15(17)4-3-5-16(19)20/h3-7,13,17,21H,8-12H2,1-2H3/t17-/m0/s1. The van der Waals surface area contributed by atoms with Gasteiger partial charge in [-0.05, 0) is 17.7 Å². The number of halogens is 1. The number of nitrogens with zero attached hydrogens (tertiary/aromatic N) is 2. The number of ether oxygens (including phenoxy) is 2. The third-order valence-electron chi connectivity index (χ3n) is 4.41. The van der Waals surface area contributed by atoms with Crippen molar-refractivity contribution < 1.29 is 13.9 Å². The predicted molar refractivity (Wildman–Crippen MR) is 95.5 cm³/mol. The molecule has 1 aromatic heterocycles. The second kappa shape index (κ2) is 8.27. The van der Waals surface area contributed by atoms with E-state index < -0.39 is 0 Å². The fourth-order valence-corrected chi connectivity index (χ4v) is 2.93. The van der Waals surface area contributed by atoms with Crippen LogP contribution in [0.1, 0.15) is 23.6 Å². The van der Waals surface area contributed by atoms with Gasteiger partial charge in [-0.1, -0.05) is 18.2 Å². The van der Waals surface area contributed by atoms with E-state index in [9.17, 15) is 4.39 Å². The van der Waals surface area contributed by atoms with Crippen molar-refractivity contribution in [2.75, 3.05) is 38.8 Å².